The lowest BCUT2D eigenvalue weighted by molar-refractivity contribution is 0.626. The standard InChI is InChI=1S/C14H9FN4S/c15-10-3-1-2-4-12(10)19-7-11-9(14(19)20)5-8(6-16)13(17)18-11/h1-5H,7H2,(H2,17,18). The van der Waals surface area contributed by atoms with Crippen LogP contribution in [0, 0.1) is 17.1 Å². The predicted octanol–water partition coefficient (Wildman–Crippen LogP) is 2.37. The Hall–Kier alpha value is -2.52. The van der Waals surface area contributed by atoms with Crippen molar-refractivity contribution in [1.82, 2.24) is 4.98 Å². The highest BCUT2D eigenvalue weighted by Crippen LogP contribution is 2.31. The zero-order valence-electron chi connectivity index (χ0n) is 10.3. The summed E-state index contributed by atoms with van der Waals surface area (Å²) in [5.41, 5.74) is 7.69. The lowest BCUT2D eigenvalue weighted by Crippen LogP contribution is -2.23. The maximum Gasteiger partial charge on any atom is 0.146 e. The molecule has 98 valence electrons. The first-order valence-corrected chi connectivity index (χ1v) is 6.28. The van der Waals surface area contributed by atoms with Gasteiger partial charge in [-0.05, 0) is 18.2 Å². The van der Waals surface area contributed by atoms with Gasteiger partial charge in [0, 0.05) is 5.56 Å². The molecule has 6 heteroatoms. The maximum atomic E-state index is 13.9. The Morgan fingerprint density at radius 2 is 2.15 bits per heavy atom. The fourth-order valence-corrected chi connectivity index (χ4v) is 2.53. The highest BCUT2D eigenvalue weighted by molar-refractivity contribution is 7.81. The predicted molar refractivity (Wildman–Crippen MR) is 77.6 cm³/mol. The van der Waals surface area contributed by atoms with Gasteiger partial charge in [0.05, 0.1) is 23.5 Å². The second kappa shape index (κ2) is 4.54. The number of para-hydroxylation sites is 1. The van der Waals surface area contributed by atoms with Gasteiger partial charge in [0.25, 0.3) is 0 Å². The molecule has 0 bridgehead atoms. The first-order valence-electron chi connectivity index (χ1n) is 5.87. The molecule has 2 N–H and O–H groups in total. The average molecular weight is 284 g/mol. The van der Waals surface area contributed by atoms with Gasteiger partial charge in [-0.3, -0.25) is 0 Å². The molecule has 1 aromatic heterocycles. The number of nitrogen functional groups attached to an aromatic ring is 1. The summed E-state index contributed by atoms with van der Waals surface area (Å²) < 4.78 is 13.9. The molecule has 0 unspecified atom stereocenters. The largest absolute Gasteiger partial charge is 0.383 e. The van der Waals surface area contributed by atoms with E-state index >= 15 is 0 Å². The van der Waals surface area contributed by atoms with Gasteiger partial charge in [-0.1, -0.05) is 24.4 Å². The van der Waals surface area contributed by atoms with Crippen molar-refractivity contribution >= 4 is 28.7 Å². The Morgan fingerprint density at radius 3 is 2.85 bits per heavy atom. The van der Waals surface area contributed by atoms with Crippen molar-refractivity contribution in [3.63, 3.8) is 0 Å². The molecule has 0 fully saturated rings. The quantitative estimate of drug-likeness (QED) is 0.814. The monoisotopic (exact) mass is 284 g/mol. The van der Waals surface area contributed by atoms with E-state index in [9.17, 15) is 4.39 Å². The molecule has 20 heavy (non-hydrogen) atoms. The molecular formula is C14H9FN4S. The molecule has 3 rings (SSSR count). The van der Waals surface area contributed by atoms with Crippen LogP contribution in [-0.4, -0.2) is 9.97 Å². The maximum absolute atomic E-state index is 13.9. The van der Waals surface area contributed by atoms with Crippen LogP contribution in [0.5, 0.6) is 0 Å². The van der Waals surface area contributed by atoms with Gasteiger partial charge in [-0.25, -0.2) is 9.37 Å². The van der Waals surface area contributed by atoms with Crippen LogP contribution in [0.1, 0.15) is 16.8 Å². The van der Waals surface area contributed by atoms with E-state index in [1.165, 1.54) is 6.07 Å². The number of anilines is 2. The fourth-order valence-electron chi connectivity index (χ4n) is 2.19. The SMILES string of the molecule is N#Cc1cc2c(nc1N)CN(c1ccccc1F)C2=S. The smallest absolute Gasteiger partial charge is 0.146 e. The zero-order chi connectivity index (χ0) is 14.3. The van der Waals surface area contributed by atoms with Gasteiger partial charge in [0.2, 0.25) is 0 Å². The number of nitrogens with two attached hydrogens (primary N) is 1. The van der Waals surface area contributed by atoms with Gasteiger partial charge < -0.3 is 10.6 Å². The molecule has 2 aromatic rings. The Balaban J connectivity index is 2.08. The van der Waals surface area contributed by atoms with Crippen molar-refractivity contribution in [2.75, 3.05) is 10.6 Å². The normalized spacial score (nSPS) is 13.2. The fraction of sp³-hybridized carbons (Fsp3) is 0.0714. The summed E-state index contributed by atoms with van der Waals surface area (Å²) in [7, 11) is 0. The number of hydrogen-bond donors (Lipinski definition) is 1. The molecule has 0 saturated carbocycles. The topological polar surface area (TPSA) is 65.9 Å². The van der Waals surface area contributed by atoms with Crippen molar-refractivity contribution in [3.8, 4) is 6.07 Å². The molecule has 0 amide bonds. The van der Waals surface area contributed by atoms with Crippen LogP contribution in [0.2, 0.25) is 0 Å². The van der Waals surface area contributed by atoms with Crippen LogP contribution in [-0.2, 0) is 6.54 Å². The van der Waals surface area contributed by atoms with E-state index in [0.717, 1.165) is 0 Å². The lowest BCUT2D eigenvalue weighted by atomic mass is 10.1. The van der Waals surface area contributed by atoms with Gasteiger partial charge in [0.1, 0.15) is 22.7 Å². The number of halogens is 1. The van der Waals surface area contributed by atoms with Crippen LogP contribution >= 0.6 is 12.2 Å². The van der Waals surface area contributed by atoms with Crippen molar-refractivity contribution in [2.45, 2.75) is 6.54 Å². The van der Waals surface area contributed by atoms with Crippen LogP contribution in [0.15, 0.2) is 30.3 Å². The van der Waals surface area contributed by atoms with E-state index in [-0.39, 0.29) is 17.2 Å². The van der Waals surface area contributed by atoms with Crippen molar-refractivity contribution in [3.05, 3.63) is 53.0 Å². The number of pyridine rings is 1. The zero-order valence-corrected chi connectivity index (χ0v) is 11.1. The van der Waals surface area contributed by atoms with Gasteiger partial charge in [0.15, 0.2) is 0 Å². The molecule has 0 radical (unpaired) electrons. The number of hydrogen-bond acceptors (Lipinski definition) is 4. The summed E-state index contributed by atoms with van der Waals surface area (Å²) in [5, 5.41) is 8.98. The second-order valence-corrected chi connectivity index (χ2v) is 4.76. The van der Waals surface area contributed by atoms with Gasteiger partial charge >= 0.3 is 0 Å². The lowest BCUT2D eigenvalue weighted by Gasteiger charge is -2.18. The van der Waals surface area contributed by atoms with E-state index in [4.69, 9.17) is 23.2 Å². The summed E-state index contributed by atoms with van der Waals surface area (Å²) >= 11 is 5.36. The molecule has 2 heterocycles. The molecule has 0 spiro atoms. The minimum Gasteiger partial charge on any atom is -0.383 e. The van der Waals surface area contributed by atoms with Crippen molar-refractivity contribution in [2.24, 2.45) is 0 Å². The minimum atomic E-state index is -0.351. The number of aromatic nitrogens is 1. The number of fused-ring (bicyclic) bond motifs is 1. The highest BCUT2D eigenvalue weighted by Gasteiger charge is 2.29. The first kappa shape index (κ1) is 12.5. The molecule has 0 atom stereocenters. The average Bonchev–Trinajstić information content (AvgIpc) is 2.75. The summed E-state index contributed by atoms with van der Waals surface area (Å²) in [6.45, 7) is 0.352. The van der Waals surface area contributed by atoms with E-state index in [2.05, 4.69) is 4.98 Å². The van der Waals surface area contributed by atoms with Crippen LogP contribution < -0.4 is 10.6 Å². The molecule has 0 saturated heterocycles. The van der Waals surface area contributed by atoms with Crippen LogP contribution in [0.25, 0.3) is 0 Å². The van der Waals surface area contributed by atoms with Gasteiger partial charge in [-0.2, -0.15) is 5.26 Å². The molecule has 4 nitrogen and oxygen atoms in total. The first-order chi connectivity index (χ1) is 9.61. The molecule has 0 aliphatic carbocycles. The Labute approximate surface area is 120 Å². The van der Waals surface area contributed by atoms with Crippen LogP contribution in [0.3, 0.4) is 0 Å². The Kier molecular flexibility index (Phi) is 2.84. The number of thiocarbonyl (C=S) groups is 1. The van der Waals surface area contributed by atoms with E-state index < -0.39 is 0 Å². The van der Waals surface area contributed by atoms with Crippen molar-refractivity contribution < 1.29 is 4.39 Å². The van der Waals surface area contributed by atoms with E-state index in [1.807, 2.05) is 6.07 Å². The molecular weight excluding hydrogens is 275 g/mol. The molecule has 1 aromatic carbocycles. The van der Waals surface area contributed by atoms with E-state index in [0.29, 0.717) is 28.5 Å². The third-order valence-electron chi connectivity index (χ3n) is 3.18. The van der Waals surface area contributed by atoms with Gasteiger partial charge in [-0.15, -0.1) is 0 Å². The summed E-state index contributed by atoms with van der Waals surface area (Å²) in [6.07, 6.45) is 0. The molecule has 1 aliphatic rings. The number of benzene rings is 1. The van der Waals surface area contributed by atoms with E-state index in [1.54, 1.807) is 29.2 Å². The summed E-state index contributed by atoms with van der Waals surface area (Å²) in [6, 6.07) is 9.98. The van der Waals surface area contributed by atoms with Crippen molar-refractivity contribution in [1.29, 1.82) is 5.26 Å². The number of nitrogens with zero attached hydrogens (tertiary/aromatic N) is 3. The third kappa shape index (κ3) is 1.80. The summed E-state index contributed by atoms with van der Waals surface area (Å²) in [5.74, 6) is -0.180. The number of nitriles is 1. The Bertz CT molecular complexity index is 766. The number of rotatable bonds is 1. The third-order valence-corrected chi connectivity index (χ3v) is 3.62. The highest BCUT2D eigenvalue weighted by atomic mass is 32.1. The summed E-state index contributed by atoms with van der Waals surface area (Å²) in [4.78, 5) is 6.29. The second-order valence-electron chi connectivity index (χ2n) is 4.37. The minimum absolute atomic E-state index is 0.171. The molecule has 1 aliphatic heterocycles. The Morgan fingerprint density at radius 1 is 1.40 bits per heavy atom. The van der Waals surface area contributed by atoms with Crippen LogP contribution in [0.4, 0.5) is 15.9 Å².